The van der Waals surface area contributed by atoms with Gasteiger partial charge in [0, 0.05) is 4.47 Å². The Labute approximate surface area is 96.0 Å². The van der Waals surface area contributed by atoms with Crippen molar-refractivity contribution in [3.05, 3.63) is 22.3 Å². The van der Waals surface area contributed by atoms with E-state index in [1.54, 1.807) is 13.0 Å². The molecule has 1 atom stereocenters. The Bertz CT molecular complexity index is 355. The lowest BCUT2D eigenvalue weighted by molar-refractivity contribution is -0.115. The second-order valence-corrected chi connectivity index (χ2v) is 4.38. The van der Waals surface area contributed by atoms with Crippen LogP contribution in [0.4, 0.5) is 5.82 Å². The molecule has 1 aromatic rings. The van der Waals surface area contributed by atoms with Crippen molar-refractivity contribution in [2.75, 3.05) is 5.32 Å². The van der Waals surface area contributed by atoms with Crippen LogP contribution >= 0.6 is 27.5 Å². The fourth-order valence-electron chi connectivity index (χ4n) is 0.839. The van der Waals surface area contributed by atoms with E-state index in [0.717, 1.165) is 10.2 Å². The number of nitrogens with one attached hydrogen (secondary N) is 1. The van der Waals surface area contributed by atoms with Crippen molar-refractivity contribution >= 4 is 39.3 Å². The molecule has 1 rings (SSSR count). The normalized spacial score (nSPS) is 12.3. The first-order valence-electron chi connectivity index (χ1n) is 4.09. The van der Waals surface area contributed by atoms with Gasteiger partial charge in [-0.05, 0) is 41.9 Å². The van der Waals surface area contributed by atoms with E-state index in [4.69, 9.17) is 11.6 Å². The average molecular weight is 278 g/mol. The first-order valence-corrected chi connectivity index (χ1v) is 5.31. The van der Waals surface area contributed by atoms with E-state index in [9.17, 15) is 4.79 Å². The van der Waals surface area contributed by atoms with Crippen LogP contribution in [0.15, 0.2) is 16.6 Å². The van der Waals surface area contributed by atoms with Crippen LogP contribution in [-0.4, -0.2) is 16.3 Å². The van der Waals surface area contributed by atoms with Crippen molar-refractivity contribution in [3.8, 4) is 0 Å². The zero-order valence-electron chi connectivity index (χ0n) is 7.84. The summed E-state index contributed by atoms with van der Waals surface area (Å²) in [7, 11) is 0. The molecule has 0 aliphatic carbocycles. The fraction of sp³-hybridized carbons (Fsp3) is 0.333. The predicted octanol–water partition coefficient (Wildman–Crippen LogP) is 2.72. The third-order valence-corrected chi connectivity index (χ3v) is 2.67. The van der Waals surface area contributed by atoms with E-state index < -0.39 is 5.38 Å². The van der Waals surface area contributed by atoms with Crippen LogP contribution in [0.3, 0.4) is 0 Å². The number of pyridine rings is 1. The number of carbonyl (C=O) groups is 1. The van der Waals surface area contributed by atoms with E-state index >= 15 is 0 Å². The minimum absolute atomic E-state index is 0.249. The van der Waals surface area contributed by atoms with Gasteiger partial charge < -0.3 is 5.32 Å². The third-order valence-electron chi connectivity index (χ3n) is 1.63. The minimum atomic E-state index is -0.555. The van der Waals surface area contributed by atoms with Gasteiger partial charge in [0.2, 0.25) is 5.91 Å². The monoisotopic (exact) mass is 276 g/mol. The van der Waals surface area contributed by atoms with Gasteiger partial charge in [-0.1, -0.05) is 0 Å². The number of rotatable bonds is 2. The van der Waals surface area contributed by atoms with E-state index in [1.165, 1.54) is 0 Å². The van der Waals surface area contributed by atoms with Crippen molar-refractivity contribution in [1.82, 2.24) is 4.98 Å². The zero-order chi connectivity index (χ0) is 10.7. The molecule has 1 heterocycles. The zero-order valence-corrected chi connectivity index (χ0v) is 10.2. The van der Waals surface area contributed by atoms with Crippen LogP contribution in [0.5, 0.6) is 0 Å². The predicted molar refractivity (Wildman–Crippen MR) is 60.6 cm³/mol. The van der Waals surface area contributed by atoms with Gasteiger partial charge in [0.1, 0.15) is 11.2 Å². The molecule has 76 valence electrons. The van der Waals surface area contributed by atoms with Gasteiger partial charge in [0.25, 0.3) is 0 Å². The molecule has 0 aliphatic rings. The Morgan fingerprint density at radius 1 is 1.64 bits per heavy atom. The summed E-state index contributed by atoms with van der Waals surface area (Å²) in [6, 6.07) is 3.55. The Balaban J connectivity index is 2.78. The van der Waals surface area contributed by atoms with Crippen LogP contribution in [0.25, 0.3) is 0 Å². The molecule has 1 aromatic heterocycles. The van der Waals surface area contributed by atoms with Gasteiger partial charge >= 0.3 is 0 Å². The Morgan fingerprint density at radius 2 is 2.29 bits per heavy atom. The molecule has 0 radical (unpaired) electrons. The Hall–Kier alpha value is -0.610. The number of hydrogen-bond acceptors (Lipinski definition) is 2. The lowest BCUT2D eigenvalue weighted by Crippen LogP contribution is -2.21. The van der Waals surface area contributed by atoms with E-state index in [-0.39, 0.29) is 5.91 Å². The summed E-state index contributed by atoms with van der Waals surface area (Å²) in [6.45, 7) is 3.46. The quantitative estimate of drug-likeness (QED) is 0.845. The summed E-state index contributed by atoms with van der Waals surface area (Å²) in [4.78, 5) is 15.4. The molecule has 14 heavy (non-hydrogen) atoms. The summed E-state index contributed by atoms with van der Waals surface area (Å²) in [5.41, 5.74) is 0.824. The van der Waals surface area contributed by atoms with Gasteiger partial charge in [-0.3, -0.25) is 4.79 Å². The lowest BCUT2D eigenvalue weighted by Gasteiger charge is -2.06. The van der Waals surface area contributed by atoms with Crippen molar-refractivity contribution in [2.45, 2.75) is 19.2 Å². The fourth-order valence-corrected chi connectivity index (χ4v) is 1.11. The van der Waals surface area contributed by atoms with Crippen molar-refractivity contribution in [3.63, 3.8) is 0 Å². The number of amides is 1. The van der Waals surface area contributed by atoms with Crippen molar-refractivity contribution in [1.29, 1.82) is 0 Å². The van der Waals surface area contributed by atoms with E-state index in [0.29, 0.717) is 5.82 Å². The SMILES string of the molecule is Cc1nc(NC(=O)C(C)Cl)ccc1Br. The maximum absolute atomic E-state index is 11.2. The summed E-state index contributed by atoms with van der Waals surface area (Å²) < 4.78 is 0.912. The van der Waals surface area contributed by atoms with Crippen LogP contribution < -0.4 is 5.32 Å². The highest BCUT2D eigenvalue weighted by molar-refractivity contribution is 9.10. The molecule has 0 aliphatic heterocycles. The number of nitrogens with zero attached hydrogens (tertiary/aromatic N) is 1. The number of carbonyl (C=O) groups excluding carboxylic acids is 1. The van der Waals surface area contributed by atoms with Gasteiger partial charge in [0.15, 0.2) is 0 Å². The first-order chi connectivity index (χ1) is 6.50. The highest BCUT2D eigenvalue weighted by Gasteiger charge is 2.09. The van der Waals surface area contributed by atoms with Crippen LogP contribution in [0.2, 0.25) is 0 Å². The molecule has 3 nitrogen and oxygen atoms in total. The molecule has 1 unspecified atom stereocenters. The number of anilines is 1. The number of alkyl halides is 1. The van der Waals surface area contributed by atoms with E-state index in [1.807, 2.05) is 13.0 Å². The number of halogens is 2. The minimum Gasteiger partial charge on any atom is -0.309 e. The molecular weight excluding hydrogens is 267 g/mol. The molecule has 0 spiro atoms. The molecule has 1 N–H and O–H groups in total. The second-order valence-electron chi connectivity index (χ2n) is 2.87. The largest absolute Gasteiger partial charge is 0.309 e. The molecule has 0 saturated heterocycles. The molecule has 1 amide bonds. The average Bonchev–Trinajstić information content (AvgIpc) is 2.11. The van der Waals surface area contributed by atoms with E-state index in [2.05, 4.69) is 26.2 Å². The molecule has 5 heteroatoms. The molecule has 0 aromatic carbocycles. The highest BCUT2D eigenvalue weighted by atomic mass is 79.9. The highest BCUT2D eigenvalue weighted by Crippen LogP contribution is 2.16. The van der Waals surface area contributed by atoms with Crippen molar-refractivity contribution < 1.29 is 4.79 Å². The molecular formula is C9H10BrClN2O. The standard InChI is InChI=1S/C9H10BrClN2O/c1-5(11)9(14)13-8-4-3-7(10)6(2)12-8/h3-5H,1-2H3,(H,12,13,14). The van der Waals surface area contributed by atoms with Crippen LogP contribution in [-0.2, 0) is 4.79 Å². The molecule has 0 fully saturated rings. The van der Waals surface area contributed by atoms with Gasteiger partial charge in [0.05, 0.1) is 5.69 Å². The van der Waals surface area contributed by atoms with Crippen LogP contribution in [0, 0.1) is 6.92 Å². The summed E-state index contributed by atoms with van der Waals surface area (Å²) in [6.07, 6.45) is 0. The number of aryl methyl sites for hydroxylation is 1. The third kappa shape index (κ3) is 2.96. The van der Waals surface area contributed by atoms with Crippen LogP contribution in [0.1, 0.15) is 12.6 Å². The van der Waals surface area contributed by atoms with Gasteiger partial charge in [-0.15, -0.1) is 11.6 Å². The summed E-state index contributed by atoms with van der Waals surface area (Å²) >= 11 is 8.92. The number of aromatic nitrogens is 1. The Morgan fingerprint density at radius 3 is 2.79 bits per heavy atom. The maximum Gasteiger partial charge on any atom is 0.243 e. The number of hydrogen-bond donors (Lipinski definition) is 1. The molecule has 0 saturated carbocycles. The second kappa shape index (κ2) is 4.75. The maximum atomic E-state index is 11.2. The summed E-state index contributed by atoms with van der Waals surface area (Å²) in [5, 5.41) is 2.05. The Kier molecular flexibility index (Phi) is 3.89. The smallest absolute Gasteiger partial charge is 0.243 e. The molecule has 0 bridgehead atoms. The van der Waals surface area contributed by atoms with Gasteiger partial charge in [-0.2, -0.15) is 0 Å². The lowest BCUT2D eigenvalue weighted by atomic mass is 10.3. The van der Waals surface area contributed by atoms with Gasteiger partial charge in [-0.25, -0.2) is 4.98 Å². The van der Waals surface area contributed by atoms with Crippen molar-refractivity contribution in [2.24, 2.45) is 0 Å². The first kappa shape index (κ1) is 11.5. The summed E-state index contributed by atoms with van der Waals surface area (Å²) in [5.74, 6) is 0.268. The topological polar surface area (TPSA) is 42.0 Å².